The van der Waals surface area contributed by atoms with Gasteiger partial charge in [0.2, 0.25) is 10.0 Å². The van der Waals surface area contributed by atoms with Crippen LogP contribution in [0.15, 0.2) is 53.4 Å². The molecule has 4 rings (SSSR count). The van der Waals surface area contributed by atoms with Crippen LogP contribution < -0.4 is 4.90 Å². The number of benzene rings is 2. The molecular formula is C24H31ClN2O3S. The molecule has 2 aliphatic rings. The normalized spacial score (nSPS) is 19.6. The van der Waals surface area contributed by atoms with Crippen LogP contribution in [0.25, 0.3) is 0 Å². The number of hydrogen-bond donors (Lipinski definition) is 0. The Balaban J connectivity index is 1.42. The Labute approximate surface area is 191 Å². The lowest BCUT2D eigenvalue weighted by atomic mass is 9.73. The zero-order chi connectivity index (χ0) is 21.9. The molecule has 0 N–H and O–H groups in total. The summed E-state index contributed by atoms with van der Waals surface area (Å²) in [5.74, 6) is 0. The second kappa shape index (κ2) is 9.49. The van der Waals surface area contributed by atoms with Gasteiger partial charge in [0.05, 0.1) is 11.6 Å². The third-order valence-electron chi connectivity index (χ3n) is 6.67. The van der Waals surface area contributed by atoms with E-state index in [-0.39, 0.29) is 10.3 Å². The van der Waals surface area contributed by atoms with Gasteiger partial charge >= 0.3 is 0 Å². The van der Waals surface area contributed by atoms with Gasteiger partial charge in [0.25, 0.3) is 0 Å². The zero-order valence-electron chi connectivity index (χ0n) is 18.1. The van der Waals surface area contributed by atoms with Gasteiger partial charge in [-0.3, -0.25) is 0 Å². The number of sulfonamides is 1. The maximum absolute atomic E-state index is 13.1. The fraction of sp³-hybridized carbons (Fsp3) is 0.500. The summed E-state index contributed by atoms with van der Waals surface area (Å²) in [7, 11) is -3.55. The number of anilines is 1. The van der Waals surface area contributed by atoms with Crippen LogP contribution >= 0.6 is 11.6 Å². The molecule has 2 saturated heterocycles. The highest BCUT2D eigenvalue weighted by Crippen LogP contribution is 2.42. The molecule has 5 nitrogen and oxygen atoms in total. The van der Waals surface area contributed by atoms with Crippen LogP contribution in [0.2, 0.25) is 5.02 Å². The van der Waals surface area contributed by atoms with E-state index in [2.05, 4.69) is 29.2 Å². The smallest absolute Gasteiger partial charge is 0.244 e. The van der Waals surface area contributed by atoms with Gasteiger partial charge in [-0.25, -0.2) is 8.42 Å². The third kappa shape index (κ3) is 4.92. The molecule has 0 bridgehead atoms. The topological polar surface area (TPSA) is 49.9 Å². The molecule has 2 fully saturated rings. The van der Waals surface area contributed by atoms with Crippen LogP contribution in [0.1, 0.15) is 38.2 Å². The number of halogens is 1. The molecule has 31 heavy (non-hydrogen) atoms. The second-order valence-corrected chi connectivity index (χ2v) is 11.0. The van der Waals surface area contributed by atoms with Crippen molar-refractivity contribution in [2.75, 3.05) is 37.7 Å². The summed E-state index contributed by atoms with van der Waals surface area (Å²) in [5.41, 5.74) is 2.61. The van der Waals surface area contributed by atoms with E-state index < -0.39 is 10.0 Å². The molecule has 0 radical (unpaired) electrons. The SMILES string of the molecule is CCOCc1ccc(N2CCCC3(CCN(S(=O)(=O)c4ccccc4Cl)CC3)C2)cc1. The quantitative estimate of drug-likeness (QED) is 0.609. The first-order valence-corrected chi connectivity index (χ1v) is 12.9. The minimum Gasteiger partial charge on any atom is -0.377 e. The highest BCUT2D eigenvalue weighted by molar-refractivity contribution is 7.89. The van der Waals surface area contributed by atoms with E-state index in [0.717, 1.165) is 45.4 Å². The Bertz CT molecular complexity index is 986. The minimum atomic E-state index is -3.55. The van der Waals surface area contributed by atoms with Crippen LogP contribution in [-0.2, 0) is 21.4 Å². The van der Waals surface area contributed by atoms with Crippen molar-refractivity contribution >= 4 is 27.3 Å². The first-order valence-electron chi connectivity index (χ1n) is 11.1. The number of piperidine rings is 2. The van der Waals surface area contributed by atoms with Crippen molar-refractivity contribution < 1.29 is 13.2 Å². The summed E-state index contributed by atoms with van der Waals surface area (Å²) >= 11 is 6.18. The van der Waals surface area contributed by atoms with Crippen LogP contribution in [0.4, 0.5) is 5.69 Å². The highest BCUT2D eigenvalue weighted by Gasteiger charge is 2.41. The molecule has 0 amide bonds. The van der Waals surface area contributed by atoms with Gasteiger partial charge in [-0.05, 0) is 67.9 Å². The maximum atomic E-state index is 13.1. The Morgan fingerprint density at radius 1 is 1.00 bits per heavy atom. The van der Waals surface area contributed by atoms with Crippen molar-refractivity contribution in [1.29, 1.82) is 0 Å². The van der Waals surface area contributed by atoms with Crippen LogP contribution in [-0.4, -0.2) is 45.5 Å². The van der Waals surface area contributed by atoms with Crippen molar-refractivity contribution in [3.63, 3.8) is 0 Å². The third-order valence-corrected chi connectivity index (χ3v) is 9.07. The molecule has 0 aromatic heterocycles. The first-order chi connectivity index (χ1) is 14.9. The summed E-state index contributed by atoms with van der Waals surface area (Å²) < 4.78 is 33.3. The van der Waals surface area contributed by atoms with E-state index in [1.54, 1.807) is 28.6 Å². The average molecular weight is 463 g/mol. The van der Waals surface area contributed by atoms with Crippen molar-refractivity contribution in [2.24, 2.45) is 5.41 Å². The number of ether oxygens (including phenoxy) is 1. The fourth-order valence-electron chi connectivity index (χ4n) is 4.85. The summed E-state index contributed by atoms with van der Waals surface area (Å²) in [6.07, 6.45) is 4.06. The van der Waals surface area contributed by atoms with Crippen LogP contribution in [0.3, 0.4) is 0 Å². The van der Waals surface area contributed by atoms with E-state index in [0.29, 0.717) is 24.7 Å². The predicted molar refractivity (Wildman–Crippen MR) is 125 cm³/mol. The summed E-state index contributed by atoms with van der Waals surface area (Å²) in [6, 6.07) is 15.4. The maximum Gasteiger partial charge on any atom is 0.244 e. The molecule has 2 aromatic rings. The van der Waals surface area contributed by atoms with Gasteiger partial charge in [-0.15, -0.1) is 0 Å². The average Bonchev–Trinajstić information content (AvgIpc) is 2.78. The van der Waals surface area contributed by atoms with Gasteiger partial charge in [0.1, 0.15) is 4.90 Å². The van der Waals surface area contributed by atoms with E-state index in [9.17, 15) is 8.42 Å². The molecule has 2 aromatic carbocycles. The largest absolute Gasteiger partial charge is 0.377 e. The van der Waals surface area contributed by atoms with Gasteiger partial charge < -0.3 is 9.64 Å². The molecule has 0 atom stereocenters. The van der Waals surface area contributed by atoms with Crippen LogP contribution in [0, 0.1) is 5.41 Å². The van der Waals surface area contributed by atoms with E-state index in [1.807, 2.05) is 6.92 Å². The van der Waals surface area contributed by atoms with Crippen molar-refractivity contribution in [1.82, 2.24) is 4.31 Å². The van der Waals surface area contributed by atoms with Crippen molar-refractivity contribution in [2.45, 2.75) is 44.1 Å². The van der Waals surface area contributed by atoms with Crippen LogP contribution in [0.5, 0.6) is 0 Å². The molecule has 2 heterocycles. The fourth-order valence-corrected chi connectivity index (χ4v) is 6.79. The van der Waals surface area contributed by atoms with Gasteiger partial charge in [0.15, 0.2) is 0 Å². The Morgan fingerprint density at radius 2 is 1.71 bits per heavy atom. The van der Waals surface area contributed by atoms with E-state index in [1.165, 1.54) is 11.3 Å². The van der Waals surface area contributed by atoms with E-state index in [4.69, 9.17) is 16.3 Å². The van der Waals surface area contributed by atoms with Gasteiger partial charge in [-0.2, -0.15) is 4.31 Å². The lowest BCUT2D eigenvalue weighted by Crippen LogP contribution is -2.50. The molecular weight excluding hydrogens is 432 g/mol. The second-order valence-electron chi connectivity index (χ2n) is 8.66. The van der Waals surface area contributed by atoms with Gasteiger partial charge in [-0.1, -0.05) is 35.9 Å². The molecule has 0 unspecified atom stereocenters. The lowest BCUT2D eigenvalue weighted by Gasteiger charge is -2.48. The Kier molecular flexibility index (Phi) is 6.92. The Morgan fingerprint density at radius 3 is 2.39 bits per heavy atom. The summed E-state index contributed by atoms with van der Waals surface area (Å²) in [5, 5.41) is 0.291. The summed E-state index contributed by atoms with van der Waals surface area (Å²) in [4.78, 5) is 2.68. The predicted octanol–water partition coefficient (Wildman–Crippen LogP) is 4.95. The molecule has 168 valence electrons. The summed E-state index contributed by atoms with van der Waals surface area (Å²) in [6.45, 7) is 6.51. The van der Waals surface area contributed by atoms with Crippen molar-refractivity contribution in [3.8, 4) is 0 Å². The monoisotopic (exact) mass is 462 g/mol. The number of hydrogen-bond acceptors (Lipinski definition) is 4. The number of rotatable bonds is 6. The standard InChI is InChI=1S/C24H31ClN2O3S/c1-2-30-18-20-8-10-21(11-9-20)26-15-5-12-24(19-26)13-16-27(17-14-24)31(28,29)23-7-4-3-6-22(23)25/h3-4,6-11H,2,5,12-19H2,1H3. The lowest BCUT2D eigenvalue weighted by molar-refractivity contribution is 0.129. The number of nitrogens with zero attached hydrogens (tertiary/aromatic N) is 2. The molecule has 1 spiro atoms. The molecule has 0 saturated carbocycles. The first kappa shape index (κ1) is 22.6. The molecule has 0 aliphatic carbocycles. The molecule has 7 heteroatoms. The Hall–Kier alpha value is -1.60. The van der Waals surface area contributed by atoms with Gasteiger partial charge in [0, 0.05) is 38.5 Å². The van der Waals surface area contributed by atoms with Crippen molar-refractivity contribution in [3.05, 3.63) is 59.1 Å². The zero-order valence-corrected chi connectivity index (χ0v) is 19.7. The highest BCUT2D eigenvalue weighted by atomic mass is 35.5. The van der Waals surface area contributed by atoms with E-state index >= 15 is 0 Å². The molecule has 2 aliphatic heterocycles. The minimum absolute atomic E-state index is 0.175.